The summed E-state index contributed by atoms with van der Waals surface area (Å²) in [6.07, 6.45) is 1.71. The van der Waals surface area contributed by atoms with Gasteiger partial charge in [0.05, 0.1) is 5.52 Å². The summed E-state index contributed by atoms with van der Waals surface area (Å²) in [4.78, 5) is 29.3. The second-order valence-corrected chi connectivity index (χ2v) is 8.03. The standard InChI is InChI=1S/C22H22BrN3O2/c23-18-6-7-20-19(14-18)21(27)8-9-26(20)16-22(28)25-12-10-24(11-13-25)15-17-4-2-1-3-5-17/h1-9,14H,10-13,15-16H2. The number of halogens is 1. The van der Waals surface area contributed by atoms with Crippen LogP contribution in [0.5, 0.6) is 0 Å². The zero-order valence-electron chi connectivity index (χ0n) is 15.6. The molecule has 0 saturated carbocycles. The van der Waals surface area contributed by atoms with Crippen molar-refractivity contribution in [1.82, 2.24) is 14.4 Å². The number of hydrogen-bond donors (Lipinski definition) is 0. The first-order chi connectivity index (χ1) is 13.6. The van der Waals surface area contributed by atoms with Crippen LogP contribution in [-0.4, -0.2) is 46.5 Å². The molecule has 0 atom stereocenters. The minimum atomic E-state index is -0.0328. The van der Waals surface area contributed by atoms with Crippen LogP contribution in [0.15, 0.2) is 70.1 Å². The van der Waals surface area contributed by atoms with Crippen LogP contribution >= 0.6 is 15.9 Å². The van der Waals surface area contributed by atoms with E-state index in [1.807, 2.05) is 27.7 Å². The van der Waals surface area contributed by atoms with E-state index in [1.54, 1.807) is 12.3 Å². The summed E-state index contributed by atoms with van der Waals surface area (Å²) < 4.78 is 2.72. The van der Waals surface area contributed by atoms with E-state index in [0.29, 0.717) is 5.39 Å². The van der Waals surface area contributed by atoms with Crippen molar-refractivity contribution in [1.29, 1.82) is 0 Å². The molecular weight excluding hydrogens is 418 g/mol. The molecule has 1 aromatic heterocycles. The molecule has 4 rings (SSSR count). The van der Waals surface area contributed by atoms with Gasteiger partial charge in [0, 0.05) is 54.8 Å². The SMILES string of the molecule is O=C(Cn1ccc(=O)c2cc(Br)ccc21)N1CCN(Cc2ccccc2)CC1. The molecule has 3 aromatic rings. The van der Waals surface area contributed by atoms with Gasteiger partial charge in [-0.2, -0.15) is 0 Å². The third-order valence-electron chi connectivity index (χ3n) is 5.22. The number of benzene rings is 2. The molecule has 1 amide bonds. The molecule has 144 valence electrons. The van der Waals surface area contributed by atoms with Crippen molar-refractivity contribution in [2.24, 2.45) is 0 Å². The van der Waals surface area contributed by atoms with Crippen molar-refractivity contribution in [3.05, 3.63) is 81.1 Å². The molecule has 1 aliphatic rings. The molecule has 2 heterocycles. The molecule has 0 bridgehead atoms. The normalized spacial score (nSPS) is 15.1. The summed E-state index contributed by atoms with van der Waals surface area (Å²) in [6, 6.07) is 17.5. The van der Waals surface area contributed by atoms with Crippen molar-refractivity contribution in [3.8, 4) is 0 Å². The van der Waals surface area contributed by atoms with Crippen LogP contribution in [0.2, 0.25) is 0 Å². The number of hydrogen-bond acceptors (Lipinski definition) is 3. The van der Waals surface area contributed by atoms with E-state index < -0.39 is 0 Å². The van der Waals surface area contributed by atoms with Crippen LogP contribution in [0, 0.1) is 0 Å². The van der Waals surface area contributed by atoms with E-state index in [0.717, 1.165) is 42.7 Å². The first-order valence-electron chi connectivity index (χ1n) is 9.43. The van der Waals surface area contributed by atoms with E-state index in [-0.39, 0.29) is 17.9 Å². The van der Waals surface area contributed by atoms with Crippen molar-refractivity contribution in [2.45, 2.75) is 13.1 Å². The Kier molecular flexibility index (Phi) is 5.59. The molecule has 2 aromatic carbocycles. The van der Waals surface area contributed by atoms with Gasteiger partial charge in [-0.05, 0) is 23.8 Å². The van der Waals surface area contributed by atoms with Crippen molar-refractivity contribution in [2.75, 3.05) is 26.2 Å². The lowest BCUT2D eigenvalue weighted by molar-refractivity contribution is -0.133. The predicted molar refractivity (Wildman–Crippen MR) is 114 cm³/mol. The largest absolute Gasteiger partial charge is 0.339 e. The monoisotopic (exact) mass is 439 g/mol. The first-order valence-corrected chi connectivity index (χ1v) is 10.2. The smallest absolute Gasteiger partial charge is 0.242 e. The molecule has 5 nitrogen and oxygen atoms in total. The lowest BCUT2D eigenvalue weighted by Crippen LogP contribution is -2.49. The fourth-order valence-electron chi connectivity index (χ4n) is 3.66. The maximum Gasteiger partial charge on any atom is 0.242 e. The quantitative estimate of drug-likeness (QED) is 0.627. The lowest BCUT2D eigenvalue weighted by Gasteiger charge is -2.35. The molecule has 0 radical (unpaired) electrons. The summed E-state index contributed by atoms with van der Waals surface area (Å²) in [5, 5.41) is 0.623. The average Bonchev–Trinajstić information content (AvgIpc) is 2.71. The average molecular weight is 440 g/mol. The van der Waals surface area contributed by atoms with Crippen LogP contribution < -0.4 is 5.43 Å². The summed E-state index contributed by atoms with van der Waals surface area (Å²) in [5.41, 5.74) is 2.05. The Labute approximate surface area is 172 Å². The molecule has 1 aliphatic heterocycles. The number of pyridine rings is 1. The second kappa shape index (κ2) is 8.29. The fourth-order valence-corrected chi connectivity index (χ4v) is 4.03. The molecule has 1 saturated heterocycles. The van der Waals surface area contributed by atoms with Crippen LogP contribution in [0.3, 0.4) is 0 Å². The van der Waals surface area contributed by atoms with Crippen LogP contribution in [-0.2, 0) is 17.9 Å². The van der Waals surface area contributed by atoms with Gasteiger partial charge in [-0.3, -0.25) is 14.5 Å². The Bertz CT molecular complexity index is 1040. The first kappa shape index (κ1) is 18.9. The number of nitrogens with zero attached hydrogens (tertiary/aromatic N) is 3. The molecule has 6 heteroatoms. The van der Waals surface area contributed by atoms with E-state index in [4.69, 9.17) is 0 Å². The zero-order chi connectivity index (χ0) is 19.5. The molecule has 0 aliphatic carbocycles. The lowest BCUT2D eigenvalue weighted by atomic mass is 10.2. The van der Waals surface area contributed by atoms with Gasteiger partial charge in [-0.25, -0.2) is 0 Å². The summed E-state index contributed by atoms with van der Waals surface area (Å²) in [5.74, 6) is 0.0900. The molecular formula is C22H22BrN3O2. The molecule has 0 spiro atoms. The predicted octanol–water partition coefficient (Wildman–Crippen LogP) is 3.11. The molecule has 0 unspecified atom stereocenters. The summed E-state index contributed by atoms with van der Waals surface area (Å²) in [6.45, 7) is 4.38. The van der Waals surface area contributed by atoms with Crippen molar-refractivity contribution >= 4 is 32.7 Å². The topological polar surface area (TPSA) is 45.6 Å². The highest BCUT2D eigenvalue weighted by Crippen LogP contribution is 2.17. The number of carbonyl (C=O) groups is 1. The van der Waals surface area contributed by atoms with Crippen LogP contribution in [0.25, 0.3) is 10.9 Å². The van der Waals surface area contributed by atoms with Crippen LogP contribution in [0.1, 0.15) is 5.56 Å². The Balaban J connectivity index is 1.41. The Morgan fingerprint density at radius 2 is 1.71 bits per heavy atom. The van der Waals surface area contributed by atoms with Crippen molar-refractivity contribution in [3.63, 3.8) is 0 Å². The van der Waals surface area contributed by atoms with Gasteiger partial charge in [0.25, 0.3) is 0 Å². The van der Waals surface area contributed by atoms with Gasteiger partial charge in [0.1, 0.15) is 6.54 Å². The second-order valence-electron chi connectivity index (χ2n) is 7.11. The number of rotatable bonds is 4. The minimum absolute atomic E-state index is 0.0328. The third-order valence-corrected chi connectivity index (χ3v) is 5.71. The van der Waals surface area contributed by atoms with Gasteiger partial charge < -0.3 is 9.47 Å². The van der Waals surface area contributed by atoms with Gasteiger partial charge in [-0.15, -0.1) is 0 Å². The third kappa shape index (κ3) is 4.18. The molecule has 28 heavy (non-hydrogen) atoms. The molecule has 0 N–H and O–H groups in total. The van der Waals surface area contributed by atoms with Crippen molar-refractivity contribution < 1.29 is 4.79 Å². The zero-order valence-corrected chi connectivity index (χ0v) is 17.1. The Morgan fingerprint density at radius 1 is 0.964 bits per heavy atom. The number of amides is 1. The van der Waals surface area contributed by atoms with Crippen LogP contribution in [0.4, 0.5) is 0 Å². The van der Waals surface area contributed by atoms with E-state index in [9.17, 15) is 9.59 Å². The van der Waals surface area contributed by atoms with E-state index in [2.05, 4.69) is 45.1 Å². The fraction of sp³-hybridized carbons (Fsp3) is 0.273. The highest BCUT2D eigenvalue weighted by molar-refractivity contribution is 9.10. The number of fused-ring (bicyclic) bond motifs is 1. The van der Waals surface area contributed by atoms with Gasteiger partial charge in [-0.1, -0.05) is 46.3 Å². The summed E-state index contributed by atoms with van der Waals surface area (Å²) >= 11 is 3.41. The highest BCUT2D eigenvalue weighted by Gasteiger charge is 2.21. The number of carbonyl (C=O) groups excluding carboxylic acids is 1. The number of aromatic nitrogens is 1. The van der Waals surface area contributed by atoms with Gasteiger partial charge in [0.15, 0.2) is 5.43 Å². The van der Waals surface area contributed by atoms with E-state index >= 15 is 0 Å². The van der Waals surface area contributed by atoms with Gasteiger partial charge in [0.2, 0.25) is 5.91 Å². The number of piperazine rings is 1. The Morgan fingerprint density at radius 3 is 2.46 bits per heavy atom. The maximum absolute atomic E-state index is 12.8. The van der Waals surface area contributed by atoms with Gasteiger partial charge >= 0.3 is 0 Å². The van der Waals surface area contributed by atoms with E-state index in [1.165, 1.54) is 11.6 Å². The Hall–Kier alpha value is -2.44. The maximum atomic E-state index is 12.8. The molecule has 1 fully saturated rings. The highest BCUT2D eigenvalue weighted by atomic mass is 79.9. The minimum Gasteiger partial charge on any atom is -0.339 e. The summed E-state index contributed by atoms with van der Waals surface area (Å²) in [7, 11) is 0.